The highest BCUT2D eigenvalue weighted by atomic mass is 16.4. The number of carboxylic acid groups (broad SMARTS) is 1. The molecule has 0 atom stereocenters. The van der Waals surface area contributed by atoms with Crippen molar-refractivity contribution in [3.63, 3.8) is 0 Å². The second-order valence-electron chi connectivity index (χ2n) is 4.75. The number of hydrogen-bond donors (Lipinski definition) is 1. The van der Waals surface area contributed by atoms with Gasteiger partial charge in [0, 0.05) is 18.8 Å². The number of aromatic carboxylic acids is 1. The SMILES string of the molecule is Cc1ccc(C(=O)O)c(N2Cc3ccccc3C2)n1. The lowest BCUT2D eigenvalue weighted by molar-refractivity contribution is 0.0697. The van der Waals surface area contributed by atoms with Gasteiger partial charge in [-0.25, -0.2) is 9.78 Å². The molecule has 1 aliphatic rings. The molecule has 0 radical (unpaired) electrons. The Morgan fingerprint density at radius 1 is 1.16 bits per heavy atom. The number of hydrogen-bond acceptors (Lipinski definition) is 3. The second-order valence-corrected chi connectivity index (χ2v) is 4.75. The first-order chi connectivity index (χ1) is 9.15. The molecule has 2 heterocycles. The van der Waals surface area contributed by atoms with E-state index in [0.29, 0.717) is 18.9 Å². The summed E-state index contributed by atoms with van der Waals surface area (Å²) in [5.41, 5.74) is 3.57. The van der Waals surface area contributed by atoms with Gasteiger partial charge in [0.1, 0.15) is 11.4 Å². The van der Waals surface area contributed by atoms with Crippen LogP contribution in [0, 0.1) is 6.92 Å². The molecule has 0 spiro atoms. The van der Waals surface area contributed by atoms with Crippen LogP contribution in [-0.2, 0) is 13.1 Å². The lowest BCUT2D eigenvalue weighted by atomic mass is 10.1. The van der Waals surface area contributed by atoms with Crippen LogP contribution in [0.15, 0.2) is 36.4 Å². The molecule has 0 bridgehead atoms. The fraction of sp³-hybridized carbons (Fsp3) is 0.200. The van der Waals surface area contributed by atoms with Crippen molar-refractivity contribution < 1.29 is 9.90 Å². The summed E-state index contributed by atoms with van der Waals surface area (Å²) >= 11 is 0. The Morgan fingerprint density at radius 3 is 2.37 bits per heavy atom. The third kappa shape index (κ3) is 2.05. The minimum Gasteiger partial charge on any atom is -0.478 e. The number of anilines is 1. The Balaban J connectivity index is 2.01. The van der Waals surface area contributed by atoms with Crippen LogP contribution in [0.3, 0.4) is 0 Å². The zero-order chi connectivity index (χ0) is 13.4. The number of pyridine rings is 1. The maximum absolute atomic E-state index is 11.3. The van der Waals surface area contributed by atoms with Crippen molar-refractivity contribution >= 4 is 11.8 Å². The molecular formula is C15H14N2O2. The third-order valence-corrected chi connectivity index (χ3v) is 3.39. The van der Waals surface area contributed by atoms with Gasteiger partial charge in [-0.1, -0.05) is 24.3 Å². The minimum atomic E-state index is -0.932. The standard InChI is InChI=1S/C15H14N2O2/c1-10-6-7-13(15(18)19)14(16-10)17-8-11-4-2-3-5-12(11)9-17/h2-7H,8-9H2,1H3,(H,18,19). The first-order valence-electron chi connectivity index (χ1n) is 6.18. The maximum Gasteiger partial charge on any atom is 0.339 e. The topological polar surface area (TPSA) is 53.4 Å². The Bertz CT molecular complexity index is 627. The largest absolute Gasteiger partial charge is 0.478 e. The van der Waals surface area contributed by atoms with Crippen molar-refractivity contribution in [1.29, 1.82) is 0 Å². The van der Waals surface area contributed by atoms with Gasteiger partial charge in [-0.3, -0.25) is 0 Å². The molecule has 4 nitrogen and oxygen atoms in total. The fourth-order valence-corrected chi connectivity index (χ4v) is 2.43. The van der Waals surface area contributed by atoms with E-state index < -0.39 is 5.97 Å². The predicted octanol–water partition coefficient (Wildman–Crippen LogP) is 2.61. The molecule has 2 aromatic rings. The summed E-state index contributed by atoms with van der Waals surface area (Å²) in [6.07, 6.45) is 0. The molecule has 0 saturated carbocycles. The zero-order valence-electron chi connectivity index (χ0n) is 10.6. The van der Waals surface area contributed by atoms with E-state index in [-0.39, 0.29) is 5.56 Å². The molecule has 3 rings (SSSR count). The van der Waals surface area contributed by atoms with Crippen molar-refractivity contribution in [3.8, 4) is 0 Å². The third-order valence-electron chi connectivity index (χ3n) is 3.39. The molecule has 4 heteroatoms. The van der Waals surface area contributed by atoms with E-state index in [1.54, 1.807) is 12.1 Å². The summed E-state index contributed by atoms with van der Waals surface area (Å²) < 4.78 is 0. The van der Waals surface area contributed by atoms with Crippen LogP contribution in [0.25, 0.3) is 0 Å². The Labute approximate surface area is 111 Å². The Kier molecular flexibility index (Phi) is 2.71. The average molecular weight is 254 g/mol. The van der Waals surface area contributed by atoms with Crippen LogP contribution in [-0.4, -0.2) is 16.1 Å². The van der Waals surface area contributed by atoms with Gasteiger partial charge in [-0.05, 0) is 30.2 Å². The molecule has 0 aliphatic carbocycles. The quantitative estimate of drug-likeness (QED) is 0.895. The van der Waals surface area contributed by atoms with Gasteiger partial charge < -0.3 is 10.0 Å². The molecule has 0 saturated heterocycles. The Hall–Kier alpha value is -2.36. The molecule has 1 aliphatic heterocycles. The van der Waals surface area contributed by atoms with Gasteiger partial charge in [0.2, 0.25) is 0 Å². The van der Waals surface area contributed by atoms with Crippen molar-refractivity contribution in [1.82, 2.24) is 4.98 Å². The van der Waals surface area contributed by atoms with E-state index in [0.717, 1.165) is 5.69 Å². The van der Waals surface area contributed by atoms with Gasteiger partial charge in [-0.2, -0.15) is 0 Å². The molecule has 1 N–H and O–H groups in total. The van der Waals surface area contributed by atoms with Gasteiger partial charge in [0.05, 0.1) is 0 Å². The monoisotopic (exact) mass is 254 g/mol. The number of carbonyl (C=O) groups is 1. The van der Waals surface area contributed by atoms with Crippen LogP contribution in [0.2, 0.25) is 0 Å². The van der Waals surface area contributed by atoms with Crippen LogP contribution in [0.1, 0.15) is 27.2 Å². The minimum absolute atomic E-state index is 0.262. The summed E-state index contributed by atoms with van der Waals surface area (Å²) in [7, 11) is 0. The van der Waals surface area contributed by atoms with Crippen molar-refractivity contribution in [2.24, 2.45) is 0 Å². The highest BCUT2D eigenvalue weighted by Crippen LogP contribution is 2.29. The number of nitrogens with zero attached hydrogens (tertiary/aromatic N) is 2. The van der Waals surface area contributed by atoms with Crippen molar-refractivity contribution in [3.05, 3.63) is 58.8 Å². The van der Waals surface area contributed by atoms with Crippen molar-refractivity contribution in [2.45, 2.75) is 20.0 Å². The van der Waals surface area contributed by atoms with Crippen LogP contribution >= 0.6 is 0 Å². The number of aromatic nitrogens is 1. The number of carboxylic acids is 1. The number of fused-ring (bicyclic) bond motifs is 1. The molecule has 1 aromatic carbocycles. The van der Waals surface area contributed by atoms with Gasteiger partial charge >= 0.3 is 5.97 Å². The predicted molar refractivity (Wildman–Crippen MR) is 72.3 cm³/mol. The lowest BCUT2D eigenvalue weighted by Crippen LogP contribution is -2.20. The van der Waals surface area contributed by atoms with E-state index in [1.165, 1.54) is 11.1 Å². The summed E-state index contributed by atoms with van der Waals surface area (Å²) in [6.45, 7) is 3.30. The summed E-state index contributed by atoms with van der Waals surface area (Å²) in [4.78, 5) is 17.7. The average Bonchev–Trinajstić information content (AvgIpc) is 2.81. The first kappa shape index (κ1) is 11.7. The van der Waals surface area contributed by atoms with E-state index >= 15 is 0 Å². The van der Waals surface area contributed by atoms with E-state index in [2.05, 4.69) is 17.1 Å². The highest BCUT2D eigenvalue weighted by Gasteiger charge is 2.24. The molecule has 0 amide bonds. The first-order valence-corrected chi connectivity index (χ1v) is 6.18. The van der Waals surface area contributed by atoms with Gasteiger partial charge in [0.25, 0.3) is 0 Å². The number of aryl methyl sites for hydroxylation is 1. The van der Waals surface area contributed by atoms with Crippen molar-refractivity contribution in [2.75, 3.05) is 4.90 Å². The van der Waals surface area contributed by atoms with Crippen LogP contribution in [0.5, 0.6) is 0 Å². The smallest absolute Gasteiger partial charge is 0.339 e. The summed E-state index contributed by atoms with van der Waals surface area (Å²) in [5.74, 6) is -0.373. The lowest BCUT2D eigenvalue weighted by Gasteiger charge is -2.19. The number of rotatable bonds is 2. The molecule has 1 aromatic heterocycles. The maximum atomic E-state index is 11.3. The van der Waals surface area contributed by atoms with E-state index in [1.807, 2.05) is 24.0 Å². The van der Waals surface area contributed by atoms with Gasteiger partial charge in [-0.15, -0.1) is 0 Å². The normalized spacial score (nSPS) is 13.4. The molecular weight excluding hydrogens is 240 g/mol. The Morgan fingerprint density at radius 2 is 1.79 bits per heavy atom. The zero-order valence-corrected chi connectivity index (χ0v) is 10.6. The summed E-state index contributed by atoms with van der Waals surface area (Å²) in [6, 6.07) is 11.5. The second kappa shape index (κ2) is 4.39. The summed E-state index contributed by atoms with van der Waals surface area (Å²) in [5, 5.41) is 9.27. The molecule has 19 heavy (non-hydrogen) atoms. The fourth-order valence-electron chi connectivity index (χ4n) is 2.43. The van der Waals surface area contributed by atoms with E-state index in [4.69, 9.17) is 0 Å². The molecule has 96 valence electrons. The van der Waals surface area contributed by atoms with Gasteiger partial charge in [0.15, 0.2) is 0 Å². The van der Waals surface area contributed by atoms with Crippen LogP contribution in [0.4, 0.5) is 5.82 Å². The van der Waals surface area contributed by atoms with E-state index in [9.17, 15) is 9.90 Å². The van der Waals surface area contributed by atoms with Crippen LogP contribution < -0.4 is 4.90 Å². The number of benzene rings is 1. The molecule has 0 unspecified atom stereocenters. The highest BCUT2D eigenvalue weighted by molar-refractivity contribution is 5.93. The molecule has 0 fully saturated rings.